The highest BCUT2D eigenvalue weighted by Crippen LogP contribution is 2.39. The van der Waals surface area contributed by atoms with E-state index in [9.17, 15) is 10.1 Å². The Hall–Kier alpha value is -2.82. The number of ketones is 1. The van der Waals surface area contributed by atoms with Gasteiger partial charge in [-0.25, -0.2) is 0 Å². The van der Waals surface area contributed by atoms with Gasteiger partial charge >= 0.3 is 0 Å². The van der Waals surface area contributed by atoms with Gasteiger partial charge in [-0.1, -0.05) is 42.5 Å². The molecule has 0 radical (unpaired) electrons. The molecule has 0 amide bonds. The van der Waals surface area contributed by atoms with Crippen LogP contribution < -0.4 is 10.1 Å². The molecule has 148 valence electrons. The number of fused-ring (bicyclic) bond motifs is 1. The van der Waals surface area contributed by atoms with Crippen molar-refractivity contribution in [2.75, 3.05) is 13.4 Å². The molecule has 2 aromatic rings. The Morgan fingerprint density at radius 3 is 2.59 bits per heavy atom. The van der Waals surface area contributed by atoms with Crippen LogP contribution in [0.1, 0.15) is 28.4 Å². The number of nitrogens with one attached hydrogen (secondary N) is 1. The summed E-state index contributed by atoms with van der Waals surface area (Å²) in [6, 6.07) is 19.0. The summed E-state index contributed by atoms with van der Waals surface area (Å²) in [5.41, 5.74) is 1.72. The minimum absolute atomic E-state index is 0.0399. The van der Waals surface area contributed by atoms with Gasteiger partial charge in [0.05, 0.1) is 25.3 Å². The number of ether oxygens (including phenoxy) is 1. The second-order valence-corrected chi connectivity index (χ2v) is 7.87. The first-order valence-electron chi connectivity index (χ1n) is 9.46. The van der Waals surface area contributed by atoms with Crippen molar-refractivity contribution in [2.24, 2.45) is 11.0 Å². The number of nitrogens with zero attached hydrogens (tertiary/aromatic N) is 3. The lowest BCUT2D eigenvalue weighted by molar-refractivity contribution is 0.0476. The number of nitriles is 1. The molecule has 2 aliphatic heterocycles. The number of hydrogen-bond donors (Lipinski definition) is 1. The highest BCUT2D eigenvalue weighted by molar-refractivity contribution is 8.13. The third-order valence-corrected chi connectivity index (χ3v) is 6.21. The number of hydrazone groups is 1. The molecular weight excluding hydrogens is 384 g/mol. The first kappa shape index (κ1) is 19.5. The zero-order valence-electron chi connectivity index (χ0n) is 16.3. The first-order chi connectivity index (χ1) is 14.2. The van der Waals surface area contributed by atoms with E-state index in [1.165, 1.54) is 11.8 Å². The van der Waals surface area contributed by atoms with Crippen molar-refractivity contribution >= 4 is 22.6 Å². The average Bonchev–Trinajstić information content (AvgIpc) is 3.16. The van der Waals surface area contributed by atoms with Gasteiger partial charge in [0, 0.05) is 5.56 Å². The standard InChI is InChI=1S/C22H22N4O2S/c1-28-16-10-8-14(9-11-16)19-12-18(20(27)15-6-4-3-5-7-15)24-21-17(13-23)22(29-2)25-26(19)21/h3-11,17-19,21,24H,12H2,1-2H3. The van der Waals surface area contributed by atoms with E-state index >= 15 is 0 Å². The number of thioether (sulfide) groups is 1. The fraction of sp³-hybridized carbons (Fsp3) is 0.318. The van der Waals surface area contributed by atoms with Gasteiger partial charge in [0.1, 0.15) is 22.9 Å². The molecule has 29 heavy (non-hydrogen) atoms. The van der Waals surface area contributed by atoms with Gasteiger partial charge in [0.15, 0.2) is 5.78 Å². The molecule has 0 bridgehead atoms. The van der Waals surface area contributed by atoms with Crippen molar-refractivity contribution in [1.82, 2.24) is 10.3 Å². The van der Waals surface area contributed by atoms with Gasteiger partial charge in [0.25, 0.3) is 0 Å². The number of methoxy groups -OCH3 is 1. The molecule has 4 atom stereocenters. The van der Waals surface area contributed by atoms with Crippen LogP contribution >= 0.6 is 11.8 Å². The number of carbonyl (C=O) groups is 1. The van der Waals surface area contributed by atoms with Crippen LogP contribution in [0.3, 0.4) is 0 Å². The van der Waals surface area contributed by atoms with Crippen LogP contribution in [-0.2, 0) is 0 Å². The van der Waals surface area contributed by atoms with Crippen molar-refractivity contribution < 1.29 is 9.53 Å². The van der Waals surface area contributed by atoms with Crippen LogP contribution in [-0.4, -0.2) is 41.4 Å². The summed E-state index contributed by atoms with van der Waals surface area (Å²) in [5, 5.41) is 20.6. The lowest BCUT2D eigenvalue weighted by Crippen LogP contribution is -2.58. The quantitative estimate of drug-likeness (QED) is 0.784. The predicted octanol–water partition coefficient (Wildman–Crippen LogP) is 3.44. The maximum atomic E-state index is 13.2. The van der Waals surface area contributed by atoms with E-state index in [0.717, 1.165) is 16.4 Å². The lowest BCUT2D eigenvalue weighted by Gasteiger charge is -2.42. The van der Waals surface area contributed by atoms with E-state index < -0.39 is 12.0 Å². The molecule has 1 fully saturated rings. The van der Waals surface area contributed by atoms with Crippen molar-refractivity contribution in [3.8, 4) is 11.8 Å². The molecule has 0 aliphatic carbocycles. The highest BCUT2D eigenvalue weighted by atomic mass is 32.2. The summed E-state index contributed by atoms with van der Waals surface area (Å²) in [4.78, 5) is 13.2. The van der Waals surface area contributed by atoms with Crippen molar-refractivity contribution in [3.05, 3.63) is 65.7 Å². The third-order valence-electron chi connectivity index (χ3n) is 5.45. The molecule has 0 aromatic heterocycles. The molecule has 2 heterocycles. The Morgan fingerprint density at radius 2 is 1.97 bits per heavy atom. The fourth-order valence-corrected chi connectivity index (χ4v) is 4.57. The highest BCUT2D eigenvalue weighted by Gasteiger charge is 2.47. The number of carbonyl (C=O) groups excluding carboxylic acids is 1. The minimum Gasteiger partial charge on any atom is -0.497 e. The first-order valence-corrected chi connectivity index (χ1v) is 10.7. The molecular formula is C22H22N4O2S. The summed E-state index contributed by atoms with van der Waals surface area (Å²) in [6.45, 7) is 0. The molecule has 1 N–H and O–H groups in total. The normalized spacial score (nSPS) is 25.7. The van der Waals surface area contributed by atoms with Crippen LogP contribution in [0.2, 0.25) is 0 Å². The number of benzene rings is 2. The number of Topliss-reactive ketones (excluding diaryl/α,β-unsaturated/α-hetero) is 1. The molecule has 2 aromatic carbocycles. The van der Waals surface area contributed by atoms with E-state index in [1.807, 2.05) is 65.9 Å². The molecule has 4 unspecified atom stereocenters. The Kier molecular flexibility index (Phi) is 5.56. The van der Waals surface area contributed by atoms with Crippen LogP contribution in [0.25, 0.3) is 0 Å². The van der Waals surface area contributed by atoms with Gasteiger partial charge < -0.3 is 4.74 Å². The lowest BCUT2D eigenvalue weighted by atomic mass is 9.89. The van der Waals surface area contributed by atoms with Crippen molar-refractivity contribution in [3.63, 3.8) is 0 Å². The Morgan fingerprint density at radius 1 is 1.24 bits per heavy atom. The van der Waals surface area contributed by atoms with E-state index in [2.05, 4.69) is 11.4 Å². The predicted molar refractivity (Wildman–Crippen MR) is 114 cm³/mol. The number of hydrogen-bond acceptors (Lipinski definition) is 7. The largest absolute Gasteiger partial charge is 0.497 e. The second-order valence-electron chi connectivity index (χ2n) is 7.05. The van der Waals surface area contributed by atoms with Gasteiger partial charge in [-0.3, -0.25) is 15.1 Å². The maximum absolute atomic E-state index is 13.2. The SMILES string of the molecule is COc1ccc(C2CC(C(=O)c3ccccc3)NC3C(C#N)C(SC)=NN23)cc1. The van der Waals surface area contributed by atoms with E-state index in [4.69, 9.17) is 9.84 Å². The van der Waals surface area contributed by atoms with Gasteiger partial charge in [-0.2, -0.15) is 10.4 Å². The molecule has 1 saturated heterocycles. The maximum Gasteiger partial charge on any atom is 0.179 e. The molecule has 0 saturated carbocycles. The van der Waals surface area contributed by atoms with E-state index in [1.54, 1.807) is 7.11 Å². The second kappa shape index (κ2) is 8.27. The smallest absolute Gasteiger partial charge is 0.179 e. The summed E-state index contributed by atoms with van der Waals surface area (Å²) in [7, 11) is 1.64. The molecule has 6 nitrogen and oxygen atoms in total. The average molecular weight is 407 g/mol. The topological polar surface area (TPSA) is 77.7 Å². The third kappa shape index (κ3) is 3.61. The van der Waals surface area contributed by atoms with E-state index in [0.29, 0.717) is 12.0 Å². The molecule has 4 rings (SSSR count). The van der Waals surface area contributed by atoms with Crippen molar-refractivity contribution in [2.45, 2.75) is 24.7 Å². The Labute approximate surface area is 174 Å². The Bertz CT molecular complexity index is 955. The van der Waals surface area contributed by atoms with E-state index in [-0.39, 0.29) is 18.0 Å². The summed E-state index contributed by atoms with van der Waals surface area (Å²) in [6.07, 6.45) is 2.16. The fourth-order valence-electron chi connectivity index (χ4n) is 3.96. The zero-order chi connectivity index (χ0) is 20.4. The molecule has 0 spiro atoms. The van der Waals surface area contributed by atoms with Crippen LogP contribution in [0.15, 0.2) is 59.7 Å². The van der Waals surface area contributed by atoms with Crippen LogP contribution in [0.5, 0.6) is 5.75 Å². The molecule has 7 heteroatoms. The number of rotatable bonds is 4. The zero-order valence-corrected chi connectivity index (χ0v) is 17.1. The summed E-state index contributed by atoms with van der Waals surface area (Å²) < 4.78 is 5.28. The monoisotopic (exact) mass is 406 g/mol. The summed E-state index contributed by atoms with van der Waals surface area (Å²) >= 11 is 1.48. The van der Waals surface area contributed by atoms with Crippen molar-refractivity contribution in [1.29, 1.82) is 5.26 Å². The van der Waals surface area contributed by atoms with Crippen LogP contribution in [0, 0.1) is 17.2 Å². The molecule has 2 aliphatic rings. The van der Waals surface area contributed by atoms with Gasteiger partial charge in [-0.05, 0) is 30.4 Å². The minimum atomic E-state index is -0.405. The van der Waals surface area contributed by atoms with Crippen LogP contribution in [0.4, 0.5) is 0 Å². The Balaban J connectivity index is 1.70. The van der Waals surface area contributed by atoms with Gasteiger partial charge in [-0.15, -0.1) is 11.8 Å². The summed E-state index contributed by atoms with van der Waals surface area (Å²) in [5.74, 6) is 0.413. The van der Waals surface area contributed by atoms with Gasteiger partial charge in [0.2, 0.25) is 0 Å².